The molecule has 0 amide bonds. The van der Waals surface area contributed by atoms with E-state index >= 15 is 0 Å². The summed E-state index contributed by atoms with van der Waals surface area (Å²) in [6, 6.07) is 0. The van der Waals surface area contributed by atoms with Crippen molar-refractivity contribution in [2.24, 2.45) is 0 Å². The zero-order valence-electron chi connectivity index (χ0n) is 67.8. The predicted molar refractivity (Wildman–Crippen MR) is 454 cm³/mol. The smallest absolute Gasteiger partial charge is 0.462 e. The largest absolute Gasteiger partial charge is 0.472 e. The Balaban J connectivity index is 5.53. The fourth-order valence-electron chi connectivity index (χ4n) is 10.1. The highest BCUT2D eigenvalue weighted by Crippen LogP contribution is 2.45. The molecule has 17 nitrogen and oxygen atoms in total. The molecule has 0 spiro atoms. The number of rotatable bonds is 75. The second-order valence-electron chi connectivity index (χ2n) is 26.5. The Hall–Kier alpha value is -6.36. The summed E-state index contributed by atoms with van der Waals surface area (Å²) in [6.45, 7) is 4.25. The number of aliphatic hydroxyl groups excluding tert-OH is 1. The molecule has 0 bridgehead atoms. The Labute approximate surface area is 665 Å². The number of aliphatic hydroxyl groups is 1. The molecule has 0 rings (SSSR count). The fourth-order valence-corrected chi connectivity index (χ4v) is 11.7. The van der Waals surface area contributed by atoms with Gasteiger partial charge in [0.25, 0.3) is 0 Å². The van der Waals surface area contributed by atoms with Crippen molar-refractivity contribution >= 4 is 39.5 Å². The molecule has 0 aromatic carbocycles. The first-order valence-corrected chi connectivity index (χ1v) is 44.3. The van der Waals surface area contributed by atoms with Crippen molar-refractivity contribution in [1.29, 1.82) is 0 Å². The summed E-state index contributed by atoms with van der Waals surface area (Å²) >= 11 is 0. The summed E-state index contributed by atoms with van der Waals surface area (Å²) in [5.74, 6) is -2.36. The lowest BCUT2D eigenvalue weighted by molar-refractivity contribution is -0.161. The maximum Gasteiger partial charge on any atom is 0.472 e. The third-order valence-corrected chi connectivity index (χ3v) is 18.1. The molecule has 3 N–H and O–H groups in total. The second kappa shape index (κ2) is 80.7. The molecule has 110 heavy (non-hydrogen) atoms. The molecule has 0 aliphatic heterocycles. The van der Waals surface area contributed by atoms with E-state index in [-0.39, 0.29) is 25.7 Å². The van der Waals surface area contributed by atoms with Crippen molar-refractivity contribution in [2.75, 3.05) is 39.6 Å². The van der Waals surface area contributed by atoms with E-state index in [0.29, 0.717) is 32.1 Å². The van der Waals surface area contributed by atoms with E-state index in [9.17, 15) is 43.2 Å². The Bertz CT molecular complexity index is 2900. The summed E-state index contributed by atoms with van der Waals surface area (Å²) in [6.07, 6.45) is 101. The normalized spacial score (nSPS) is 14.9. The number of phosphoric ester groups is 2. The maximum absolute atomic E-state index is 13.1. The van der Waals surface area contributed by atoms with Crippen molar-refractivity contribution in [3.05, 3.63) is 207 Å². The van der Waals surface area contributed by atoms with E-state index in [1.165, 1.54) is 0 Å². The van der Waals surface area contributed by atoms with Gasteiger partial charge in [0, 0.05) is 25.7 Å². The number of hydrogen-bond donors (Lipinski definition) is 3. The number of allylic oxidation sites excluding steroid dienone is 34. The first kappa shape index (κ1) is 104. The van der Waals surface area contributed by atoms with Crippen LogP contribution in [-0.2, 0) is 65.4 Å². The molecular formula is C91H144O17P2. The summed E-state index contributed by atoms with van der Waals surface area (Å²) in [4.78, 5) is 73.2. The molecule has 0 saturated carbocycles. The monoisotopic (exact) mass is 1570 g/mol. The molecule has 0 radical (unpaired) electrons. The van der Waals surface area contributed by atoms with Crippen LogP contribution in [0.1, 0.15) is 285 Å². The van der Waals surface area contributed by atoms with E-state index in [1.807, 2.05) is 18.2 Å². The van der Waals surface area contributed by atoms with Gasteiger partial charge in [0.05, 0.1) is 26.4 Å². The van der Waals surface area contributed by atoms with Crippen molar-refractivity contribution in [3.63, 3.8) is 0 Å². The van der Waals surface area contributed by atoms with Gasteiger partial charge in [0.15, 0.2) is 12.2 Å². The second-order valence-corrected chi connectivity index (χ2v) is 29.4. The van der Waals surface area contributed by atoms with Gasteiger partial charge >= 0.3 is 39.5 Å². The summed E-state index contributed by atoms with van der Waals surface area (Å²) in [5, 5.41) is 10.7. The van der Waals surface area contributed by atoms with Gasteiger partial charge in [-0.2, -0.15) is 0 Å². The minimum absolute atomic E-state index is 0.0195. The van der Waals surface area contributed by atoms with Crippen LogP contribution in [0.2, 0.25) is 0 Å². The van der Waals surface area contributed by atoms with Crippen LogP contribution in [0, 0.1) is 0 Å². The number of esters is 4. The number of ether oxygens (including phenoxy) is 4. The van der Waals surface area contributed by atoms with E-state index < -0.39 is 97.5 Å². The van der Waals surface area contributed by atoms with E-state index in [1.54, 1.807) is 0 Å². The number of phosphoric acid groups is 2. The molecule has 0 aromatic rings. The van der Waals surface area contributed by atoms with Gasteiger partial charge in [-0.15, -0.1) is 0 Å². The van der Waals surface area contributed by atoms with Crippen molar-refractivity contribution in [3.8, 4) is 0 Å². The molecule has 0 fully saturated rings. The lowest BCUT2D eigenvalue weighted by Gasteiger charge is -2.21. The van der Waals surface area contributed by atoms with E-state index in [4.69, 9.17) is 37.0 Å². The fraction of sp³-hybridized carbons (Fsp3) is 0.582. The minimum Gasteiger partial charge on any atom is -0.462 e. The zero-order valence-corrected chi connectivity index (χ0v) is 69.6. The molecule has 620 valence electrons. The molecule has 0 aliphatic rings. The van der Waals surface area contributed by atoms with Gasteiger partial charge in [0.2, 0.25) is 0 Å². The van der Waals surface area contributed by atoms with Crippen LogP contribution in [0.5, 0.6) is 0 Å². The highest BCUT2D eigenvalue weighted by atomic mass is 31.2. The highest BCUT2D eigenvalue weighted by Gasteiger charge is 2.30. The Kier molecular flexibility index (Phi) is 76.0. The van der Waals surface area contributed by atoms with Crippen LogP contribution in [0.15, 0.2) is 207 Å². The molecule has 5 unspecified atom stereocenters. The van der Waals surface area contributed by atoms with Crippen LogP contribution < -0.4 is 0 Å². The Morgan fingerprint density at radius 3 is 0.745 bits per heavy atom. The standard InChI is InChI=1S/C91H144O17P2/c1-5-9-13-17-21-25-29-33-37-40-42-45-49-52-56-60-64-68-72-76-89(94)102-82-87(108-91(96)78-74-70-66-62-58-54-50-46-43-41-38-34-30-26-22-18-14-10-6-2)84-106-110(99,100)104-80-85(92)79-103-109(97,98)105-83-86(107-90(95)77-73-69-65-61-57-53-47-36-32-28-24-20-16-12-8-4)81-101-88(93)75-71-67-63-59-55-51-48-44-39-35-31-27-23-19-15-11-7-3/h9-16,21-28,33-39,42-43,45-47,52,54,56,58,64,68,85-87,92H,5-8,17-20,29-32,40-41,44,48-51,53,55,57,59-63,65-67,69-84H2,1-4H3,(H,97,98)(H,99,100)/b13-9-,14-10-,15-11-,16-12-,25-21-,26-22-,27-23-,28-24-,37-33-,38-34-,39-35-,45-42-,46-43-,47-36-,56-52-,58-54-,68-64-. The van der Waals surface area contributed by atoms with Crippen LogP contribution in [0.4, 0.5) is 0 Å². The van der Waals surface area contributed by atoms with Crippen molar-refractivity contribution < 1.29 is 80.2 Å². The molecule has 0 aliphatic carbocycles. The van der Waals surface area contributed by atoms with Gasteiger partial charge in [-0.1, -0.05) is 292 Å². The van der Waals surface area contributed by atoms with E-state index in [2.05, 4.69) is 216 Å². The number of unbranched alkanes of at least 4 members (excludes halogenated alkanes) is 15. The molecule has 5 atom stereocenters. The first-order valence-electron chi connectivity index (χ1n) is 41.3. The molecule has 0 aromatic heterocycles. The SMILES string of the molecule is CC/C=C\C/C=C\C/C=C\C/C=C\C/C=C\C/C=C\CCC(=O)OCC(COP(=O)(O)OCC(O)COP(=O)(O)OCC(COC(=O)CCCCCCCCC/C=C\C/C=C\C/C=C\CC)OC(=O)CCCCCCC/C=C\C/C=C\C/C=C\CC)OC(=O)CCCCC/C=C\C/C=C\C/C=C\C/C=C\C/C=C\CC. The Morgan fingerprint density at radius 2 is 0.464 bits per heavy atom. The van der Waals surface area contributed by atoms with Crippen molar-refractivity contribution in [1.82, 2.24) is 0 Å². The van der Waals surface area contributed by atoms with Crippen LogP contribution in [0.3, 0.4) is 0 Å². The average Bonchev–Trinajstić information content (AvgIpc) is 0.900. The van der Waals surface area contributed by atoms with Gasteiger partial charge < -0.3 is 33.8 Å². The lowest BCUT2D eigenvalue weighted by atomic mass is 10.1. The highest BCUT2D eigenvalue weighted by molar-refractivity contribution is 7.47. The summed E-state index contributed by atoms with van der Waals surface area (Å²) in [5.41, 5.74) is 0. The average molecular weight is 1570 g/mol. The third-order valence-electron chi connectivity index (χ3n) is 16.2. The number of carbonyl (C=O) groups is 4. The van der Waals surface area contributed by atoms with Gasteiger partial charge in [-0.25, -0.2) is 9.13 Å². The summed E-state index contributed by atoms with van der Waals surface area (Å²) < 4.78 is 68.6. The predicted octanol–water partition coefficient (Wildman–Crippen LogP) is 24.7. The molecule has 0 heterocycles. The quantitative estimate of drug-likeness (QED) is 0.0169. The molecular weight excluding hydrogens is 1430 g/mol. The van der Waals surface area contributed by atoms with Crippen molar-refractivity contribution in [2.45, 2.75) is 303 Å². The first-order chi connectivity index (χ1) is 53.7. The maximum atomic E-state index is 13.1. The zero-order chi connectivity index (χ0) is 80.3. The van der Waals surface area contributed by atoms with E-state index in [0.717, 1.165) is 199 Å². The van der Waals surface area contributed by atoms with Gasteiger partial charge in [-0.3, -0.25) is 37.3 Å². The van der Waals surface area contributed by atoms with Gasteiger partial charge in [-0.05, 0) is 173 Å². The summed E-state index contributed by atoms with van der Waals surface area (Å²) in [7, 11) is -10.0. The molecule has 19 heteroatoms. The Morgan fingerprint density at radius 1 is 0.255 bits per heavy atom. The minimum atomic E-state index is -5.02. The van der Waals surface area contributed by atoms with Gasteiger partial charge in [0.1, 0.15) is 19.3 Å². The number of hydrogen-bond acceptors (Lipinski definition) is 15. The van der Waals surface area contributed by atoms with Crippen LogP contribution in [-0.4, -0.2) is 96.7 Å². The van der Waals surface area contributed by atoms with Crippen LogP contribution >= 0.6 is 15.6 Å². The molecule has 0 saturated heterocycles. The lowest BCUT2D eigenvalue weighted by Crippen LogP contribution is -2.30. The van der Waals surface area contributed by atoms with Crippen LogP contribution in [0.25, 0.3) is 0 Å². The third kappa shape index (κ3) is 79.7. The topological polar surface area (TPSA) is 237 Å². The number of carbonyl (C=O) groups excluding carboxylic acids is 4.